The number of methoxy groups -OCH3 is 1. The van der Waals surface area contributed by atoms with Crippen LogP contribution in [0.5, 0.6) is 0 Å². The second kappa shape index (κ2) is 8.71. The summed E-state index contributed by atoms with van der Waals surface area (Å²) in [5.41, 5.74) is 0.774. The molecule has 3 aliphatic heterocycles. The summed E-state index contributed by atoms with van der Waals surface area (Å²) in [7, 11) is 1.71. The average Bonchev–Trinajstić information content (AvgIpc) is 3.59. The molecule has 4 unspecified atom stereocenters. The van der Waals surface area contributed by atoms with Gasteiger partial charge in [0.25, 0.3) is 0 Å². The molecular formula is C25H37N3O5. The van der Waals surface area contributed by atoms with Gasteiger partial charge < -0.3 is 23.8 Å². The molecule has 8 nitrogen and oxygen atoms in total. The first kappa shape index (κ1) is 22.9. The topological polar surface area (TPSA) is 81.7 Å². The minimum absolute atomic E-state index is 0.0512. The van der Waals surface area contributed by atoms with E-state index in [0.29, 0.717) is 5.92 Å². The number of aromatic nitrogens is 2. The second-order valence-corrected chi connectivity index (χ2v) is 10.6. The van der Waals surface area contributed by atoms with E-state index in [4.69, 9.17) is 18.9 Å². The van der Waals surface area contributed by atoms with Crippen LogP contribution in [-0.2, 0) is 25.5 Å². The van der Waals surface area contributed by atoms with Crippen molar-refractivity contribution in [2.24, 2.45) is 11.8 Å². The molecule has 4 heterocycles. The Labute approximate surface area is 196 Å². The van der Waals surface area contributed by atoms with E-state index in [2.05, 4.69) is 31.9 Å². The van der Waals surface area contributed by atoms with Gasteiger partial charge in [0.15, 0.2) is 0 Å². The Balaban J connectivity index is 1.17. The Kier molecular flexibility index (Phi) is 6.04. The minimum Gasteiger partial charge on any atom is -0.443 e. The lowest BCUT2D eigenvalue weighted by atomic mass is 9.68. The lowest BCUT2D eigenvalue weighted by molar-refractivity contribution is -0.124. The lowest BCUT2D eigenvalue weighted by Crippen LogP contribution is -2.57. The molecule has 0 bridgehead atoms. The first-order chi connectivity index (χ1) is 15.8. The lowest BCUT2D eigenvalue weighted by Gasteiger charge is -2.44. The molecule has 8 heteroatoms. The van der Waals surface area contributed by atoms with E-state index in [0.717, 1.165) is 51.9 Å². The molecule has 0 aromatic carbocycles. The van der Waals surface area contributed by atoms with Gasteiger partial charge in [0, 0.05) is 39.1 Å². The van der Waals surface area contributed by atoms with Crippen LogP contribution < -0.4 is 0 Å². The van der Waals surface area contributed by atoms with Crippen molar-refractivity contribution in [3.63, 3.8) is 0 Å². The molecule has 6 atom stereocenters. The fraction of sp³-hybridized carbons (Fsp3) is 0.760. The fourth-order valence-corrected chi connectivity index (χ4v) is 5.92. The summed E-state index contributed by atoms with van der Waals surface area (Å²) >= 11 is 0. The van der Waals surface area contributed by atoms with Crippen LogP contribution in [0.2, 0.25) is 0 Å². The number of hydrogen-bond acceptors (Lipinski definition) is 6. The molecule has 1 saturated carbocycles. The molecule has 0 radical (unpaired) electrons. The number of rotatable bonds is 8. The fourth-order valence-electron chi connectivity index (χ4n) is 5.92. The summed E-state index contributed by atoms with van der Waals surface area (Å²) in [6.07, 6.45) is 8.93. The van der Waals surface area contributed by atoms with Gasteiger partial charge in [0.2, 0.25) is 0 Å². The number of amides is 1. The predicted molar refractivity (Wildman–Crippen MR) is 122 cm³/mol. The van der Waals surface area contributed by atoms with Crippen LogP contribution in [0.25, 0.3) is 0 Å². The smallest absolute Gasteiger partial charge is 0.410 e. The second-order valence-electron chi connectivity index (χ2n) is 10.6. The van der Waals surface area contributed by atoms with Crippen molar-refractivity contribution in [1.82, 2.24) is 14.7 Å². The molecule has 1 spiro atoms. The van der Waals surface area contributed by atoms with E-state index in [1.165, 1.54) is 5.57 Å². The van der Waals surface area contributed by atoms with Crippen LogP contribution in [-0.4, -0.2) is 77.1 Å². The van der Waals surface area contributed by atoms with Gasteiger partial charge in [-0.3, -0.25) is 4.68 Å². The number of epoxide rings is 2. The van der Waals surface area contributed by atoms with Crippen LogP contribution in [0, 0.1) is 11.8 Å². The van der Waals surface area contributed by atoms with Gasteiger partial charge in [-0.2, -0.15) is 5.10 Å². The molecule has 182 valence electrons. The molecule has 1 amide bonds. The van der Waals surface area contributed by atoms with E-state index >= 15 is 0 Å². The number of carbonyl (C=O) groups is 1. The zero-order valence-corrected chi connectivity index (χ0v) is 20.2. The maximum atomic E-state index is 12.9. The Morgan fingerprint density at radius 3 is 2.76 bits per heavy atom. The zero-order valence-electron chi connectivity index (χ0n) is 20.2. The number of carbonyl (C=O) groups excluding carboxylic acids is 1. The molecule has 1 aromatic rings. The van der Waals surface area contributed by atoms with E-state index in [-0.39, 0.29) is 41.5 Å². The molecule has 4 aliphatic rings. The number of aryl methyl sites for hydroxylation is 1. The molecular weight excluding hydrogens is 422 g/mol. The highest BCUT2D eigenvalue weighted by atomic mass is 16.6. The Hall–Kier alpha value is -1.90. The maximum absolute atomic E-state index is 12.9. The quantitative estimate of drug-likeness (QED) is 0.438. The highest BCUT2D eigenvalue weighted by Crippen LogP contribution is 2.59. The average molecular weight is 460 g/mol. The molecule has 3 saturated heterocycles. The van der Waals surface area contributed by atoms with Gasteiger partial charge in [-0.1, -0.05) is 11.6 Å². The summed E-state index contributed by atoms with van der Waals surface area (Å²) in [4.78, 5) is 14.7. The summed E-state index contributed by atoms with van der Waals surface area (Å²) in [5.74, 6) is 0.548. The van der Waals surface area contributed by atoms with E-state index < -0.39 is 0 Å². The molecule has 0 N–H and O–H groups in total. The van der Waals surface area contributed by atoms with Crippen molar-refractivity contribution in [2.45, 2.75) is 82.5 Å². The number of ether oxygens (including phenoxy) is 4. The Bertz CT molecular complexity index is 873. The van der Waals surface area contributed by atoms with Crippen molar-refractivity contribution in [1.29, 1.82) is 0 Å². The van der Waals surface area contributed by atoms with E-state index in [9.17, 15) is 4.79 Å². The van der Waals surface area contributed by atoms with Crippen LogP contribution in [0.15, 0.2) is 30.1 Å². The molecule has 1 aliphatic carbocycles. The van der Waals surface area contributed by atoms with Crippen molar-refractivity contribution in [3.05, 3.63) is 30.1 Å². The van der Waals surface area contributed by atoms with Crippen molar-refractivity contribution in [2.75, 3.05) is 26.8 Å². The van der Waals surface area contributed by atoms with Crippen LogP contribution >= 0.6 is 0 Å². The summed E-state index contributed by atoms with van der Waals surface area (Å²) in [5, 5.41) is 4.24. The van der Waals surface area contributed by atoms with Crippen molar-refractivity contribution < 1.29 is 23.7 Å². The van der Waals surface area contributed by atoms with E-state index in [1.54, 1.807) is 18.2 Å². The summed E-state index contributed by atoms with van der Waals surface area (Å²) in [6, 6.07) is 1.93. The van der Waals surface area contributed by atoms with Gasteiger partial charge in [-0.05, 0) is 58.4 Å². The van der Waals surface area contributed by atoms with Gasteiger partial charge in [-0.15, -0.1) is 0 Å². The van der Waals surface area contributed by atoms with Crippen molar-refractivity contribution in [3.8, 4) is 0 Å². The molecule has 5 rings (SSSR count). The summed E-state index contributed by atoms with van der Waals surface area (Å²) in [6.45, 7) is 9.48. The largest absolute Gasteiger partial charge is 0.443 e. The molecule has 33 heavy (non-hydrogen) atoms. The van der Waals surface area contributed by atoms with Gasteiger partial charge in [0.1, 0.15) is 23.4 Å². The van der Waals surface area contributed by atoms with Gasteiger partial charge in [-0.25, -0.2) is 4.79 Å². The highest BCUT2D eigenvalue weighted by molar-refractivity contribution is 5.69. The third-order valence-corrected chi connectivity index (χ3v) is 8.03. The normalized spacial score (nSPS) is 37.5. The van der Waals surface area contributed by atoms with Crippen LogP contribution in [0.3, 0.4) is 0 Å². The van der Waals surface area contributed by atoms with Gasteiger partial charge >= 0.3 is 6.09 Å². The third kappa shape index (κ3) is 4.45. The number of likely N-dealkylation sites (tertiary alicyclic amines) is 1. The molecule has 4 fully saturated rings. The van der Waals surface area contributed by atoms with Crippen LogP contribution in [0.1, 0.15) is 46.5 Å². The van der Waals surface area contributed by atoms with E-state index in [1.807, 2.05) is 16.9 Å². The SMILES string of the molecule is COC1C(OC(=O)N2CC(CCn3cccn3)C2)CCC2(CO2)C1[C@@]1(C)O[C@@H]1CC=C(C)C. The number of nitrogens with zero attached hydrogens (tertiary/aromatic N) is 3. The standard InChI is InChI=1S/C25H37N3O5/c1-17(2)6-7-20-24(3,33-20)22-21(30-4)19(8-10-25(22)16-31-25)32-23(29)27-14-18(15-27)9-13-28-12-5-11-26-28/h5-6,11-12,18-22H,7-10,13-16H2,1-4H3/t19?,20-,21?,22?,24+,25?/m1/s1. The first-order valence-electron chi connectivity index (χ1n) is 12.3. The summed E-state index contributed by atoms with van der Waals surface area (Å²) < 4.78 is 26.2. The maximum Gasteiger partial charge on any atom is 0.410 e. The number of hydrogen-bond donors (Lipinski definition) is 0. The monoisotopic (exact) mass is 459 g/mol. The predicted octanol–water partition coefficient (Wildman–Crippen LogP) is 3.42. The molecule has 1 aromatic heterocycles. The Morgan fingerprint density at radius 2 is 2.12 bits per heavy atom. The van der Waals surface area contributed by atoms with Crippen molar-refractivity contribution >= 4 is 6.09 Å². The zero-order chi connectivity index (χ0) is 23.2. The number of allylic oxidation sites excluding steroid dienone is 1. The van der Waals surface area contributed by atoms with Gasteiger partial charge in [0.05, 0.1) is 18.6 Å². The first-order valence-corrected chi connectivity index (χ1v) is 12.3. The third-order valence-electron chi connectivity index (χ3n) is 8.03. The highest BCUT2D eigenvalue weighted by Gasteiger charge is 2.72. The Morgan fingerprint density at radius 1 is 1.33 bits per heavy atom. The van der Waals surface area contributed by atoms with Crippen LogP contribution in [0.4, 0.5) is 4.79 Å². The minimum atomic E-state index is -0.317.